The molecule has 5 rings (SSSR count). The van der Waals surface area contributed by atoms with Gasteiger partial charge in [0.15, 0.2) is 11.5 Å². The van der Waals surface area contributed by atoms with Crippen LogP contribution in [-0.2, 0) is 24.2 Å². The molecule has 202 valence electrons. The van der Waals surface area contributed by atoms with Gasteiger partial charge in [0.2, 0.25) is 11.7 Å². The van der Waals surface area contributed by atoms with Crippen molar-refractivity contribution < 1.29 is 14.3 Å². The first-order valence-corrected chi connectivity index (χ1v) is 13.1. The van der Waals surface area contributed by atoms with Crippen molar-refractivity contribution in [1.82, 2.24) is 25.1 Å². The van der Waals surface area contributed by atoms with Crippen molar-refractivity contribution in [1.29, 1.82) is 0 Å². The molecule has 1 aliphatic rings. The van der Waals surface area contributed by atoms with E-state index in [9.17, 15) is 4.79 Å². The van der Waals surface area contributed by atoms with E-state index < -0.39 is 0 Å². The third kappa shape index (κ3) is 5.78. The van der Waals surface area contributed by atoms with E-state index >= 15 is 0 Å². The molecule has 1 N–H and O–H groups in total. The first-order valence-electron chi connectivity index (χ1n) is 13.1. The van der Waals surface area contributed by atoms with Crippen molar-refractivity contribution in [2.24, 2.45) is 0 Å². The van der Waals surface area contributed by atoms with Crippen LogP contribution in [0.5, 0.6) is 11.5 Å². The number of rotatable bonds is 8. The van der Waals surface area contributed by atoms with Gasteiger partial charge < -0.3 is 14.8 Å². The van der Waals surface area contributed by atoms with Gasteiger partial charge in [0, 0.05) is 32.1 Å². The molecular weight excluding hydrogens is 492 g/mol. The quantitative estimate of drug-likeness (QED) is 0.361. The molecule has 1 aromatic heterocycles. The predicted molar refractivity (Wildman–Crippen MR) is 151 cm³/mol. The van der Waals surface area contributed by atoms with Crippen LogP contribution in [0.4, 0.5) is 5.69 Å². The number of carbonyl (C=O) groups is 1. The average Bonchev–Trinajstić information content (AvgIpc) is 3.43. The Hall–Kier alpha value is -4.24. The lowest BCUT2D eigenvalue weighted by Crippen LogP contribution is -2.32. The number of nitrogens with one attached hydrogen (secondary N) is 1. The molecule has 1 amide bonds. The second kappa shape index (κ2) is 11.2. The van der Waals surface area contributed by atoms with Crippen molar-refractivity contribution in [3.8, 4) is 28.6 Å². The van der Waals surface area contributed by atoms with Crippen LogP contribution in [0.1, 0.15) is 34.7 Å². The number of hydrogen-bond acceptors (Lipinski definition) is 7. The minimum atomic E-state index is -0.142. The van der Waals surface area contributed by atoms with E-state index in [2.05, 4.69) is 49.9 Å². The number of hydrogen-bond donors (Lipinski definition) is 1. The van der Waals surface area contributed by atoms with E-state index in [-0.39, 0.29) is 5.91 Å². The zero-order valence-electron chi connectivity index (χ0n) is 23.1. The molecule has 9 nitrogen and oxygen atoms in total. The maximum Gasteiger partial charge on any atom is 0.221 e. The Kier molecular flexibility index (Phi) is 7.60. The largest absolute Gasteiger partial charge is 0.493 e. The second-order valence-corrected chi connectivity index (χ2v) is 9.98. The zero-order valence-corrected chi connectivity index (χ0v) is 23.1. The van der Waals surface area contributed by atoms with Gasteiger partial charge in [-0.2, -0.15) is 0 Å². The fourth-order valence-electron chi connectivity index (χ4n) is 4.94. The molecule has 0 spiro atoms. The lowest BCUT2D eigenvalue weighted by Gasteiger charge is -2.29. The molecular formula is C30H34N6O3. The molecule has 0 unspecified atom stereocenters. The van der Waals surface area contributed by atoms with Crippen molar-refractivity contribution >= 4 is 11.6 Å². The van der Waals surface area contributed by atoms with E-state index in [0.29, 0.717) is 11.5 Å². The Morgan fingerprint density at radius 1 is 0.974 bits per heavy atom. The maximum atomic E-state index is 11.7. The van der Waals surface area contributed by atoms with Crippen LogP contribution in [0.25, 0.3) is 17.1 Å². The Morgan fingerprint density at radius 3 is 2.36 bits per heavy atom. The van der Waals surface area contributed by atoms with Gasteiger partial charge in [-0.25, -0.2) is 0 Å². The van der Waals surface area contributed by atoms with Crippen LogP contribution in [0.15, 0.2) is 48.5 Å². The summed E-state index contributed by atoms with van der Waals surface area (Å²) in [5.74, 6) is 1.89. The highest BCUT2D eigenvalue weighted by molar-refractivity contribution is 5.93. The summed E-state index contributed by atoms with van der Waals surface area (Å²) in [6.45, 7) is 8.41. The summed E-state index contributed by atoms with van der Waals surface area (Å²) in [6, 6.07) is 16.4. The van der Waals surface area contributed by atoms with Crippen molar-refractivity contribution in [3.05, 3.63) is 76.3 Å². The lowest BCUT2D eigenvalue weighted by atomic mass is 9.98. The van der Waals surface area contributed by atoms with Crippen LogP contribution >= 0.6 is 0 Å². The second-order valence-electron chi connectivity index (χ2n) is 9.98. The van der Waals surface area contributed by atoms with Gasteiger partial charge in [-0.1, -0.05) is 12.1 Å². The molecule has 0 aliphatic carbocycles. The average molecular weight is 527 g/mol. The first kappa shape index (κ1) is 26.4. The summed E-state index contributed by atoms with van der Waals surface area (Å²) in [7, 11) is 3.36. The first-order chi connectivity index (χ1) is 18.8. The zero-order chi connectivity index (χ0) is 27.5. The summed E-state index contributed by atoms with van der Waals surface area (Å²) >= 11 is 0. The van der Waals surface area contributed by atoms with Crippen LogP contribution in [-0.4, -0.2) is 58.3 Å². The molecule has 0 fully saturated rings. The molecule has 0 bridgehead atoms. The number of ether oxygens (including phenoxy) is 2. The van der Waals surface area contributed by atoms with Gasteiger partial charge in [-0.15, -0.1) is 15.0 Å². The SMILES string of the molecule is COc1cc2c(cc1OC)CN(CCc1ccc(-n3nnc(-c4cc(C)c(C)cc4NC(C)=O)n3)cc1)CC2. The van der Waals surface area contributed by atoms with Crippen LogP contribution in [0.2, 0.25) is 0 Å². The summed E-state index contributed by atoms with van der Waals surface area (Å²) < 4.78 is 11.0. The molecule has 3 aromatic carbocycles. The van der Waals surface area contributed by atoms with E-state index in [1.54, 1.807) is 14.2 Å². The third-order valence-corrected chi connectivity index (χ3v) is 7.28. The maximum absolute atomic E-state index is 11.7. The predicted octanol–water partition coefficient (Wildman–Crippen LogP) is 4.52. The van der Waals surface area contributed by atoms with Gasteiger partial charge in [-0.3, -0.25) is 9.69 Å². The monoisotopic (exact) mass is 526 g/mol. The number of methoxy groups -OCH3 is 2. The molecule has 1 aliphatic heterocycles. The van der Waals surface area contributed by atoms with Gasteiger partial charge in [0.25, 0.3) is 0 Å². The number of fused-ring (bicyclic) bond motifs is 1. The van der Waals surface area contributed by atoms with Crippen LogP contribution in [0, 0.1) is 13.8 Å². The number of tetrazole rings is 1. The number of anilines is 1. The van der Waals surface area contributed by atoms with E-state index in [4.69, 9.17) is 9.47 Å². The fourth-order valence-corrected chi connectivity index (χ4v) is 4.94. The topological polar surface area (TPSA) is 94.4 Å². The number of carbonyl (C=O) groups excluding carboxylic acids is 1. The molecule has 0 atom stereocenters. The fraction of sp³-hybridized carbons (Fsp3) is 0.333. The highest BCUT2D eigenvalue weighted by Crippen LogP contribution is 2.33. The molecule has 9 heteroatoms. The van der Waals surface area contributed by atoms with Crippen LogP contribution < -0.4 is 14.8 Å². The minimum Gasteiger partial charge on any atom is -0.493 e. The Balaban J connectivity index is 1.25. The molecule has 2 heterocycles. The Morgan fingerprint density at radius 2 is 1.67 bits per heavy atom. The van der Waals surface area contributed by atoms with E-state index in [0.717, 1.165) is 66.4 Å². The number of benzene rings is 3. The molecule has 0 radical (unpaired) electrons. The van der Waals surface area contributed by atoms with Gasteiger partial charge >= 0.3 is 0 Å². The summed E-state index contributed by atoms with van der Waals surface area (Å²) in [4.78, 5) is 15.7. The van der Waals surface area contributed by atoms with Crippen molar-refractivity contribution in [2.45, 2.75) is 40.2 Å². The van der Waals surface area contributed by atoms with E-state index in [1.807, 2.05) is 38.1 Å². The number of nitrogens with zero attached hydrogens (tertiary/aromatic N) is 5. The number of amides is 1. The minimum absolute atomic E-state index is 0.142. The Labute approximate surface area is 228 Å². The standard InChI is InChI=1S/C30H34N6O3/c1-19-14-26(27(15-20(19)2)31-21(3)37)30-32-34-36(33-30)25-8-6-22(7-9-25)10-12-35-13-11-23-16-28(38-4)29(39-5)17-24(23)18-35/h6-9,14-17H,10-13,18H2,1-5H3,(H,31,37). The van der Waals surface area contributed by atoms with Crippen LogP contribution in [0.3, 0.4) is 0 Å². The van der Waals surface area contributed by atoms with Gasteiger partial charge in [-0.05, 0) is 96.1 Å². The van der Waals surface area contributed by atoms with Gasteiger partial charge in [0.1, 0.15) is 0 Å². The lowest BCUT2D eigenvalue weighted by molar-refractivity contribution is -0.114. The van der Waals surface area contributed by atoms with Gasteiger partial charge in [0.05, 0.1) is 25.6 Å². The summed E-state index contributed by atoms with van der Waals surface area (Å²) in [6.07, 6.45) is 1.95. The molecule has 39 heavy (non-hydrogen) atoms. The summed E-state index contributed by atoms with van der Waals surface area (Å²) in [5.41, 5.74) is 8.31. The summed E-state index contributed by atoms with van der Waals surface area (Å²) in [5, 5.41) is 16.0. The van der Waals surface area contributed by atoms with Crippen molar-refractivity contribution in [3.63, 3.8) is 0 Å². The normalized spacial score (nSPS) is 13.2. The number of aryl methyl sites for hydroxylation is 2. The number of aromatic nitrogens is 4. The third-order valence-electron chi connectivity index (χ3n) is 7.28. The van der Waals surface area contributed by atoms with E-state index in [1.165, 1.54) is 28.4 Å². The highest BCUT2D eigenvalue weighted by atomic mass is 16.5. The molecule has 4 aromatic rings. The Bertz CT molecular complexity index is 1500. The van der Waals surface area contributed by atoms with Crippen molar-refractivity contribution in [2.75, 3.05) is 32.6 Å². The highest BCUT2D eigenvalue weighted by Gasteiger charge is 2.19. The smallest absolute Gasteiger partial charge is 0.221 e. The molecule has 0 saturated heterocycles. The molecule has 0 saturated carbocycles.